The van der Waals surface area contributed by atoms with Gasteiger partial charge in [0.2, 0.25) is 0 Å². The SMILES string of the molecule is CCCNC(=O)c1cc(Nc2ccc(C(=O)OCC)cc2)nc(C)n1. The fourth-order valence-corrected chi connectivity index (χ4v) is 2.13. The predicted molar refractivity (Wildman–Crippen MR) is 95.1 cm³/mol. The van der Waals surface area contributed by atoms with Crippen molar-refractivity contribution >= 4 is 23.4 Å². The average molecular weight is 342 g/mol. The van der Waals surface area contributed by atoms with E-state index in [0.717, 1.165) is 12.1 Å². The number of carbonyl (C=O) groups excluding carboxylic acids is 2. The molecule has 132 valence electrons. The standard InChI is InChI=1S/C18H22N4O3/c1-4-10-19-17(23)15-11-16(21-12(3)20-15)22-14-8-6-13(7-9-14)18(24)25-5-2/h6-9,11H,4-5,10H2,1-3H3,(H,19,23)(H,20,21,22). The van der Waals surface area contributed by atoms with Crippen molar-refractivity contribution in [2.24, 2.45) is 0 Å². The molecule has 2 N–H and O–H groups in total. The number of aryl methyl sites for hydroxylation is 1. The van der Waals surface area contributed by atoms with Crippen LogP contribution in [0, 0.1) is 6.92 Å². The minimum Gasteiger partial charge on any atom is -0.462 e. The third kappa shape index (κ3) is 5.27. The molecule has 0 saturated carbocycles. The van der Waals surface area contributed by atoms with E-state index in [1.54, 1.807) is 44.2 Å². The van der Waals surface area contributed by atoms with Crippen LogP contribution in [0.15, 0.2) is 30.3 Å². The van der Waals surface area contributed by atoms with Gasteiger partial charge in [0.05, 0.1) is 12.2 Å². The lowest BCUT2D eigenvalue weighted by Gasteiger charge is -2.09. The lowest BCUT2D eigenvalue weighted by molar-refractivity contribution is 0.0526. The maximum Gasteiger partial charge on any atom is 0.338 e. The molecule has 7 nitrogen and oxygen atoms in total. The van der Waals surface area contributed by atoms with Crippen LogP contribution in [0.25, 0.3) is 0 Å². The summed E-state index contributed by atoms with van der Waals surface area (Å²) in [5.41, 5.74) is 1.53. The number of nitrogens with zero attached hydrogens (tertiary/aromatic N) is 2. The molecule has 0 bridgehead atoms. The number of rotatable bonds is 7. The summed E-state index contributed by atoms with van der Waals surface area (Å²) in [5.74, 6) is 0.419. The van der Waals surface area contributed by atoms with E-state index in [2.05, 4.69) is 20.6 Å². The summed E-state index contributed by atoms with van der Waals surface area (Å²) in [6, 6.07) is 8.44. The van der Waals surface area contributed by atoms with Crippen molar-refractivity contribution in [2.45, 2.75) is 27.2 Å². The van der Waals surface area contributed by atoms with E-state index in [9.17, 15) is 9.59 Å². The van der Waals surface area contributed by atoms with Gasteiger partial charge in [0, 0.05) is 18.3 Å². The summed E-state index contributed by atoms with van der Waals surface area (Å²) < 4.78 is 4.95. The second-order valence-corrected chi connectivity index (χ2v) is 5.36. The largest absolute Gasteiger partial charge is 0.462 e. The Morgan fingerprint density at radius 2 is 1.84 bits per heavy atom. The number of hydrogen-bond acceptors (Lipinski definition) is 6. The highest BCUT2D eigenvalue weighted by Gasteiger charge is 2.11. The van der Waals surface area contributed by atoms with Gasteiger partial charge < -0.3 is 15.4 Å². The highest BCUT2D eigenvalue weighted by atomic mass is 16.5. The van der Waals surface area contributed by atoms with Crippen LogP contribution in [0.4, 0.5) is 11.5 Å². The summed E-state index contributed by atoms with van der Waals surface area (Å²) in [4.78, 5) is 32.2. The summed E-state index contributed by atoms with van der Waals surface area (Å²) >= 11 is 0. The molecule has 1 heterocycles. The van der Waals surface area contributed by atoms with Gasteiger partial charge in [-0.25, -0.2) is 14.8 Å². The third-order valence-electron chi connectivity index (χ3n) is 3.27. The summed E-state index contributed by atoms with van der Waals surface area (Å²) in [5, 5.41) is 5.90. The molecule has 0 radical (unpaired) electrons. The Labute approximate surface area is 146 Å². The molecule has 0 aliphatic carbocycles. The smallest absolute Gasteiger partial charge is 0.338 e. The number of esters is 1. The van der Waals surface area contributed by atoms with Gasteiger partial charge in [-0.1, -0.05) is 6.92 Å². The molecule has 2 rings (SSSR count). The van der Waals surface area contributed by atoms with Gasteiger partial charge in [0.25, 0.3) is 5.91 Å². The second kappa shape index (κ2) is 8.77. The summed E-state index contributed by atoms with van der Waals surface area (Å²) in [6.45, 7) is 6.41. The fourth-order valence-electron chi connectivity index (χ4n) is 2.13. The van der Waals surface area contributed by atoms with Gasteiger partial charge in [-0.05, 0) is 44.5 Å². The third-order valence-corrected chi connectivity index (χ3v) is 3.27. The second-order valence-electron chi connectivity index (χ2n) is 5.36. The monoisotopic (exact) mass is 342 g/mol. The van der Waals surface area contributed by atoms with E-state index < -0.39 is 0 Å². The lowest BCUT2D eigenvalue weighted by Crippen LogP contribution is -2.25. The number of amides is 1. The molecule has 1 amide bonds. The van der Waals surface area contributed by atoms with E-state index in [0.29, 0.717) is 36.1 Å². The number of carbonyl (C=O) groups is 2. The zero-order valence-electron chi connectivity index (χ0n) is 14.6. The number of benzene rings is 1. The minimum atomic E-state index is -0.359. The first-order valence-corrected chi connectivity index (χ1v) is 8.21. The van der Waals surface area contributed by atoms with Crippen molar-refractivity contribution in [2.75, 3.05) is 18.5 Å². The fraction of sp³-hybridized carbons (Fsp3) is 0.333. The van der Waals surface area contributed by atoms with Crippen molar-refractivity contribution in [1.29, 1.82) is 0 Å². The molecule has 0 saturated heterocycles. The molecule has 0 fully saturated rings. The van der Waals surface area contributed by atoms with Gasteiger partial charge in [-0.2, -0.15) is 0 Å². The molecule has 0 aliphatic rings. The molecule has 0 spiro atoms. The molecule has 0 unspecified atom stereocenters. The molecule has 0 aliphatic heterocycles. The van der Waals surface area contributed by atoms with Crippen LogP contribution in [-0.4, -0.2) is 35.0 Å². The first-order chi connectivity index (χ1) is 12.0. The quantitative estimate of drug-likeness (QED) is 0.752. The molecule has 1 aromatic carbocycles. The molecular weight excluding hydrogens is 320 g/mol. The Balaban J connectivity index is 2.13. The average Bonchev–Trinajstić information content (AvgIpc) is 2.60. The maximum absolute atomic E-state index is 12.1. The van der Waals surface area contributed by atoms with Crippen LogP contribution < -0.4 is 10.6 Å². The molecule has 7 heteroatoms. The van der Waals surface area contributed by atoms with Crippen molar-refractivity contribution in [3.05, 3.63) is 47.4 Å². The van der Waals surface area contributed by atoms with Gasteiger partial charge in [0.1, 0.15) is 17.3 Å². The Bertz CT molecular complexity index is 744. The highest BCUT2D eigenvalue weighted by molar-refractivity contribution is 5.93. The highest BCUT2D eigenvalue weighted by Crippen LogP contribution is 2.17. The van der Waals surface area contributed by atoms with Crippen LogP contribution in [0.2, 0.25) is 0 Å². The molecule has 2 aromatic rings. The predicted octanol–water partition coefficient (Wildman–Crippen LogP) is 2.85. The molecule has 25 heavy (non-hydrogen) atoms. The van der Waals surface area contributed by atoms with Crippen molar-refractivity contribution in [1.82, 2.24) is 15.3 Å². The van der Waals surface area contributed by atoms with Crippen molar-refractivity contribution in [3.8, 4) is 0 Å². The van der Waals surface area contributed by atoms with Crippen molar-refractivity contribution < 1.29 is 14.3 Å². The van der Waals surface area contributed by atoms with E-state index in [1.165, 1.54) is 0 Å². The number of ether oxygens (including phenoxy) is 1. The van der Waals surface area contributed by atoms with Crippen LogP contribution in [-0.2, 0) is 4.74 Å². The first-order valence-electron chi connectivity index (χ1n) is 8.21. The Morgan fingerprint density at radius 3 is 2.48 bits per heavy atom. The van der Waals surface area contributed by atoms with E-state index in [4.69, 9.17) is 4.74 Å². The van der Waals surface area contributed by atoms with Gasteiger partial charge in [-0.15, -0.1) is 0 Å². The maximum atomic E-state index is 12.1. The summed E-state index contributed by atoms with van der Waals surface area (Å²) in [6.07, 6.45) is 0.855. The van der Waals surface area contributed by atoms with Gasteiger partial charge >= 0.3 is 5.97 Å². The van der Waals surface area contributed by atoms with Crippen molar-refractivity contribution in [3.63, 3.8) is 0 Å². The Hall–Kier alpha value is -2.96. The number of aromatic nitrogens is 2. The molecule has 0 atom stereocenters. The van der Waals surface area contributed by atoms with Gasteiger partial charge in [0.15, 0.2) is 0 Å². The van der Waals surface area contributed by atoms with Crippen LogP contribution in [0.5, 0.6) is 0 Å². The van der Waals surface area contributed by atoms with Crippen LogP contribution in [0.3, 0.4) is 0 Å². The topological polar surface area (TPSA) is 93.2 Å². The van der Waals surface area contributed by atoms with Crippen LogP contribution >= 0.6 is 0 Å². The Kier molecular flexibility index (Phi) is 6.45. The zero-order valence-corrected chi connectivity index (χ0v) is 14.6. The minimum absolute atomic E-state index is 0.229. The number of hydrogen-bond donors (Lipinski definition) is 2. The normalized spacial score (nSPS) is 10.2. The lowest BCUT2D eigenvalue weighted by atomic mass is 10.2. The first kappa shape index (κ1) is 18.4. The summed E-state index contributed by atoms with van der Waals surface area (Å²) in [7, 11) is 0. The Morgan fingerprint density at radius 1 is 1.12 bits per heavy atom. The molecule has 1 aromatic heterocycles. The van der Waals surface area contributed by atoms with E-state index in [1.807, 2.05) is 6.92 Å². The number of nitrogens with one attached hydrogen (secondary N) is 2. The number of anilines is 2. The van der Waals surface area contributed by atoms with Gasteiger partial charge in [-0.3, -0.25) is 4.79 Å². The van der Waals surface area contributed by atoms with E-state index >= 15 is 0 Å². The van der Waals surface area contributed by atoms with Crippen LogP contribution in [0.1, 0.15) is 46.9 Å². The zero-order chi connectivity index (χ0) is 18.2. The molecular formula is C18H22N4O3. The van der Waals surface area contributed by atoms with E-state index in [-0.39, 0.29) is 11.9 Å².